The summed E-state index contributed by atoms with van der Waals surface area (Å²) in [6, 6.07) is 39.6. The molecule has 0 aliphatic heterocycles. The first-order chi connectivity index (χ1) is 15.5. The zero-order chi connectivity index (χ0) is 22.5. The molecule has 1 N–H and O–H groups in total. The van der Waals surface area contributed by atoms with Crippen molar-refractivity contribution in [2.24, 2.45) is 0 Å². The van der Waals surface area contributed by atoms with Crippen molar-refractivity contribution in [3.05, 3.63) is 121 Å². The average Bonchev–Trinajstić information content (AvgIpc) is 2.85. The van der Waals surface area contributed by atoms with Crippen molar-refractivity contribution >= 4 is 42.7 Å². The fraction of sp³-hybridized carbons (Fsp3) is 0.0741. The molecule has 0 atom stereocenters. The van der Waals surface area contributed by atoms with Crippen LogP contribution in [0.1, 0.15) is 5.56 Å². The molecule has 0 radical (unpaired) electrons. The van der Waals surface area contributed by atoms with Crippen molar-refractivity contribution in [2.75, 3.05) is 6.61 Å². The van der Waals surface area contributed by atoms with E-state index in [1.54, 1.807) is 0 Å². The number of rotatable bonds is 8. The first-order valence-electron chi connectivity index (χ1n) is 10.3. The fourth-order valence-corrected chi connectivity index (χ4v) is 11.8. The molecule has 0 saturated heterocycles. The SMILES string of the molecule is O=C(O)COc1ccc(CP(Br)(c2ccccc2)(c2ccccc2)c2ccccc2)cc1. The molecule has 3 nitrogen and oxygen atoms in total. The Hall–Kier alpha value is -2.94. The van der Waals surface area contributed by atoms with E-state index in [1.807, 2.05) is 42.5 Å². The molecule has 4 aromatic rings. The topological polar surface area (TPSA) is 46.5 Å². The van der Waals surface area contributed by atoms with Crippen molar-refractivity contribution < 1.29 is 14.6 Å². The third kappa shape index (κ3) is 4.21. The first kappa shape index (κ1) is 22.3. The van der Waals surface area contributed by atoms with E-state index in [1.165, 1.54) is 15.9 Å². The normalized spacial score (nSPS) is 12.5. The summed E-state index contributed by atoms with van der Waals surface area (Å²) in [7, 11) is 0. The maximum atomic E-state index is 10.8. The molecule has 0 aliphatic carbocycles. The van der Waals surface area contributed by atoms with Gasteiger partial charge in [-0.05, 0) is 0 Å². The molecule has 0 bridgehead atoms. The predicted molar refractivity (Wildman–Crippen MR) is 137 cm³/mol. The van der Waals surface area contributed by atoms with Crippen LogP contribution in [-0.4, -0.2) is 17.7 Å². The van der Waals surface area contributed by atoms with Gasteiger partial charge in [0.2, 0.25) is 0 Å². The summed E-state index contributed by atoms with van der Waals surface area (Å²) in [6.45, 7) is -0.352. The Morgan fingerprint density at radius 1 is 0.688 bits per heavy atom. The standard InChI is InChI=1S/C27H24BrO3P/c28-32(24-10-4-1-5-11-24,25-12-6-2-7-13-25,26-14-8-3-9-15-26)21-22-16-18-23(19-17-22)31-20-27(29)30/h1-19H,20-21H2,(H,29,30). The van der Waals surface area contributed by atoms with Crippen molar-refractivity contribution in [1.29, 1.82) is 0 Å². The molecule has 0 spiro atoms. The predicted octanol–water partition coefficient (Wildman–Crippen LogP) is 5.49. The summed E-state index contributed by atoms with van der Waals surface area (Å²) in [5.74, 6) is -0.443. The maximum absolute atomic E-state index is 10.8. The van der Waals surface area contributed by atoms with Crippen LogP contribution in [-0.2, 0) is 11.0 Å². The number of hydrogen-bond donors (Lipinski definition) is 1. The molecule has 0 amide bonds. The molecule has 0 fully saturated rings. The summed E-state index contributed by atoms with van der Waals surface area (Å²) in [5.41, 5.74) is 1.14. The Labute approximate surface area is 196 Å². The minimum atomic E-state index is -3.06. The molecule has 4 aromatic carbocycles. The zero-order valence-electron chi connectivity index (χ0n) is 17.5. The Kier molecular flexibility index (Phi) is 6.45. The van der Waals surface area contributed by atoms with Gasteiger partial charge in [-0.3, -0.25) is 0 Å². The van der Waals surface area contributed by atoms with E-state index in [9.17, 15) is 4.79 Å². The van der Waals surface area contributed by atoms with Crippen molar-refractivity contribution in [3.63, 3.8) is 0 Å². The Morgan fingerprint density at radius 3 is 1.47 bits per heavy atom. The van der Waals surface area contributed by atoms with Gasteiger partial charge in [0.1, 0.15) is 0 Å². The summed E-state index contributed by atoms with van der Waals surface area (Å²) >= 11 is 4.44. The molecule has 0 heterocycles. The summed E-state index contributed by atoms with van der Waals surface area (Å²) in [6.07, 6.45) is 0.767. The number of aliphatic carboxylic acids is 1. The molecule has 0 aliphatic rings. The number of benzene rings is 4. The molecule has 162 valence electrons. The number of carboxylic acid groups (broad SMARTS) is 1. The molecule has 5 heteroatoms. The molecule has 0 aromatic heterocycles. The van der Waals surface area contributed by atoms with Gasteiger partial charge in [-0.1, -0.05) is 0 Å². The number of ether oxygens (including phenoxy) is 1. The number of halogens is 1. The summed E-state index contributed by atoms with van der Waals surface area (Å²) < 4.78 is 5.33. The number of carbonyl (C=O) groups is 1. The summed E-state index contributed by atoms with van der Waals surface area (Å²) in [4.78, 5) is 10.8. The van der Waals surface area contributed by atoms with Crippen LogP contribution >= 0.6 is 20.8 Å². The van der Waals surface area contributed by atoms with Crippen molar-refractivity contribution in [1.82, 2.24) is 0 Å². The monoisotopic (exact) mass is 506 g/mol. The quantitative estimate of drug-likeness (QED) is 0.321. The van der Waals surface area contributed by atoms with Crippen LogP contribution in [0.15, 0.2) is 115 Å². The zero-order valence-corrected chi connectivity index (χ0v) is 20.0. The van der Waals surface area contributed by atoms with E-state index in [-0.39, 0.29) is 6.61 Å². The van der Waals surface area contributed by atoms with Gasteiger partial charge in [0.25, 0.3) is 0 Å². The van der Waals surface area contributed by atoms with E-state index in [4.69, 9.17) is 9.84 Å². The van der Waals surface area contributed by atoms with Gasteiger partial charge in [-0.2, -0.15) is 0 Å². The molecule has 4 rings (SSSR count). The van der Waals surface area contributed by atoms with Gasteiger partial charge in [0, 0.05) is 0 Å². The second-order valence-electron chi connectivity index (χ2n) is 7.67. The first-order valence-corrected chi connectivity index (χ1v) is 14.8. The van der Waals surface area contributed by atoms with Gasteiger partial charge in [0.15, 0.2) is 0 Å². The second-order valence-corrected chi connectivity index (χ2v) is 16.6. The van der Waals surface area contributed by atoms with Gasteiger partial charge in [-0.15, -0.1) is 0 Å². The number of hydrogen-bond acceptors (Lipinski definition) is 2. The van der Waals surface area contributed by atoms with Crippen LogP contribution in [0, 0.1) is 0 Å². The number of carboxylic acids is 1. The van der Waals surface area contributed by atoms with Crippen molar-refractivity contribution in [2.45, 2.75) is 6.16 Å². The van der Waals surface area contributed by atoms with Gasteiger partial charge >= 0.3 is 197 Å². The van der Waals surface area contributed by atoms with E-state index in [0.717, 1.165) is 11.7 Å². The van der Waals surface area contributed by atoms with Crippen LogP contribution < -0.4 is 20.7 Å². The van der Waals surface area contributed by atoms with Gasteiger partial charge < -0.3 is 0 Å². The van der Waals surface area contributed by atoms with Crippen LogP contribution in [0.2, 0.25) is 0 Å². The Morgan fingerprint density at radius 2 is 1.09 bits per heavy atom. The fourth-order valence-electron chi connectivity index (χ4n) is 4.12. The van der Waals surface area contributed by atoms with Crippen molar-refractivity contribution in [3.8, 4) is 5.75 Å². The Bertz CT molecular complexity index is 1080. The van der Waals surface area contributed by atoms with Crippen LogP contribution in [0.3, 0.4) is 0 Å². The minimum absolute atomic E-state index is 0.352. The molecular weight excluding hydrogens is 483 g/mol. The van der Waals surface area contributed by atoms with Gasteiger partial charge in [0.05, 0.1) is 0 Å². The average molecular weight is 507 g/mol. The van der Waals surface area contributed by atoms with E-state index in [0.29, 0.717) is 5.75 Å². The van der Waals surface area contributed by atoms with Crippen LogP contribution in [0.25, 0.3) is 0 Å². The van der Waals surface area contributed by atoms with E-state index >= 15 is 0 Å². The third-order valence-electron chi connectivity index (χ3n) is 5.65. The van der Waals surface area contributed by atoms with Crippen LogP contribution in [0.5, 0.6) is 5.75 Å². The molecular formula is C27H24BrO3P. The Balaban J connectivity index is 1.89. The van der Waals surface area contributed by atoms with E-state index in [2.05, 4.69) is 88.3 Å². The van der Waals surface area contributed by atoms with E-state index < -0.39 is 11.3 Å². The molecule has 0 unspecified atom stereocenters. The molecule has 0 saturated carbocycles. The van der Waals surface area contributed by atoms with Crippen LogP contribution in [0.4, 0.5) is 0 Å². The molecule has 32 heavy (non-hydrogen) atoms. The van der Waals surface area contributed by atoms with Gasteiger partial charge in [-0.25, -0.2) is 0 Å². The summed E-state index contributed by atoms with van der Waals surface area (Å²) in [5, 5.41) is 9.57. The third-order valence-corrected chi connectivity index (χ3v) is 15.2. The second kappa shape index (κ2) is 9.28.